The van der Waals surface area contributed by atoms with Crippen molar-refractivity contribution >= 4 is 0 Å². The van der Waals surface area contributed by atoms with Crippen LogP contribution in [0.25, 0.3) is 0 Å². The highest BCUT2D eigenvalue weighted by molar-refractivity contribution is 5.31. The Morgan fingerprint density at radius 3 is 2.71 bits per heavy atom. The second-order valence-corrected chi connectivity index (χ2v) is 4.29. The lowest BCUT2D eigenvalue weighted by Gasteiger charge is -2.34. The molecule has 0 N–H and O–H groups in total. The minimum atomic E-state index is 0.531. The van der Waals surface area contributed by atoms with E-state index in [9.17, 15) is 0 Å². The molecular weight excluding hydrogens is 170 g/mol. The topological polar surface area (TPSA) is 3.24 Å². The van der Waals surface area contributed by atoms with Gasteiger partial charge in [0.1, 0.15) is 0 Å². The van der Waals surface area contributed by atoms with E-state index in [0.717, 1.165) is 13.0 Å². The predicted molar refractivity (Wildman–Crippen MR) is 63.4 cm³/mol. The van der Waals surface area contributed by atoms with E-state index in [1.165, 1.54) is 16.7 Å². The predicted octanol–water partition coefficient (Wildman–Crippen LogP) is 3.16. The van der Waals surface area contributed by atoms with Crippen LogP contribution in [0.3, 0.4) is 0 Å². The summed E-state index contributed by atoms with van der Waals surface area (Å²) in [5, 5.41) is 0. The Morgan fingerprint density at radius 1 is 1.57 bits per heavy atom. The number of nitrogens with zero attached hydrogens (tertiary/aromatic N) is 1. The highest BCUT2D eigenvalue weighted by Crippen LogP contribution is 2.25. The first kappa shape index (κ1) is 11.3. The Balaban J connectivity index is 2.86. The molecule has 1 heteroatoms. The quantitative estimate of drug-likeness (QED) is 0.606. The first-order valence-electron chi connectivity index (χ1n) is 5.23. The molecule has 0 bridgehead atoms. The molecule has 0 radical (unpaired) electrons. The SMILES string of the molecule is C=C(C)C1CC(C)=C(/C=C\C)CN1C. The molecule has 1 unspecified atom stereocenters. The Kier molecular flexibility index (Phi) is 3.70. The van der Waals surface area contributed by atoms with Gasteiger partial charge in [-0.15, -0.1) is 0 Å². The monoisotopic (exact) mass is 191 g/mol. The fourth-order valence-electron chi connectivity index (χ4n) is 2.04. The third-order valence-electron chi connectivity index (χ3n) is 2.94. The Labute approximate surface area is 87.8 Å². The summed E-state index contributed by atoms with van der Waals surface area (Å²) in [6, 6.07) is 0.531. The Hall–Kier alpha value is -0.820. The van der Waals surface area contributed by atoms with Gasteiger partial charge in [0.2, 0.25) is 0 Å². The molecular formula is C13H21N. The van der Waals surface area contributed by atoms with Crippen LogP contribution in [0.4, 0.5) is 0 Å². The normalized spacial score (nSPS) is 24.7. The van der Waals surface area contributed by atoms with Gasteiger partial charge in [0.05, 0.1) is 0 Å². The molecule has 0 fully saturated rings. The molecule has 1 aliphatic rings. The lowest BCUT2D eigenvalue weighted by atomic mass is 9.92. The number of allylic oxidation sites excluding steroid dienone is 1. The van der Waals surface area contributed by atoms with Crippen LogP contribution < -0.4 is 0 Å². The molecule has 0 aromatic rings. The smallest absolute Gasteiger partial charge is 0.0340 e. The molecule has 0 saturated carbocycles. The van der Waals surface area contributed by atoms with Crippen molar-refractivity contribution in [2.75, 3.05) is 13.6 Å². The van der Waals surface area contributed by atoms with Crippen LogP contribution >= 0.6 is 0 Å². The molecule has 1 heterocycles. The summed E-state index contributed by atoms with van der Waals surface area (Å²) < 4.78 is 0. The van der Waals surface area contributed by atoms with Gasteiger partial charge in [0, 0.05) is 12.6 Å². The van der Waals surface area contributed by atoms with Gasteiger partial charge in [-0.25, -0.2) is 0 Å². The van der Waals surface area contributed by atoms with Crippen LogP contribution in [-0.4, -0.2) is 24.5 Å². The van der Waals surface area contributed by atoms with Gasteiger partial charge in [-0.3, -0.25) is 4.90 Å². The molecule has 0 saturated heterocycles. The fraction of sp³-hybridized carbons (Fsp3) is 0.538. The first-order valence-corrected chi connectivity index (χ1v) is 5.23. The minimum absolute atomic E-state index is 0.531. The number of rotatable bonds is 2. The second kappa shape index (κ2) is 4.61. The van der Waals surface area contributed by atoms with Crippen molar-refractivity contribution in [3.05, 3.63) is 35.5 Å². The number of hydrogen-bond donors (Lipinski definition) is 0. The minimum Gasteiger partial charge on any atom is -0.295 e. The maximum absolute atomic E-state index is 4.05. The summed E-state index contributed by atoms with van der Waals surface area (Å²) in [5.41, 5.74) is 4.24. The van der Waals surface area contributed by atoms with Crippen LogP contribution in [0.15, 0.2) is 35.5 Å². The number of hydrogen-bond acceptors (Lipinski definition) is 1. The molecule has 1 nitrogen and oxygen atoms in total. The third kappa shape index (κ3) is 2.36. The van der Waals surface area contributed by atoms with Crippen LogP contribution in [0.2, 0.25) is 0 Å². The van der Waals surface area contributed by atoms with E-state index >= 15 is 0 Å². The summed E-state index contributed by atoms with van der Waals surface area (Å²) in [7, 11) is 2.18. The van der Waals surface area contributed by atoms with E-state index in [2.05, 4.69) is 51.4 Å². The Morgan fingerprint density at radius 2 is 2.21 bits per heavy atom. The average molecular weight is 191 g/mol. The van der Waals surface area contributed by atoms with Crippen LogP contribution in [0, 0.1) is 0 Å². The summed E-state index contributed by atoms with van der Waals surface area (Å²) in [6.45, 7) is 11.5. The van der Waals surface area contributed by atoms with E-state index in [1.807, 2.05) is 0 Å². The molecule has 0 aromatic carbocycles. The lowest BCUT2D eigenvalue weighted by Crippen LogP contribution is -2.37. The van der Waals surface area contributed by atoms with E-state index in [4.69, 9.17) is 0 Å². The van der Waals surface area contributed by atoms with Crippen molar-refractivity contribution in [1.82, 2.24) is 4.90 Å². The molecule has 1 aliphatic heterocycles. The van der Waals surface area contributed by atoms with Crippen LogP contribution in [-0.2, 0) is 0 Å². The average Bonchev–Trinajstić information content (AvgIpc) is 2.10. The van der Waals surface area contributed by atoms with Gasteiger partial charge in [-0.1, -0.05) is 29.9 Å². The molecule has 0 aliphatic carbocycles. The fourth-order valence-corrected chi connectivity index (χ4v) is 2.04. The maximum Gasteiger partial charge on any atom is 0.0340 e. The summed E-state index contributed by atoms with van der Waals surface area (Å²) >= 11 is 0. The lowest BCUT2D eigenvalue weighted by molar-refractivity contribution is 0.277. The molecule has 14 heavy (non-hydrogen) atoms. The first-order chi connectivity index (χ1) is 6.56. The highest BCUT2D eigenvalue weighted by atomic mass is 15.1. The van der Waals surface area contributed by atoms with E-state index in [1.54, 1.807) is 0 Å². The van der Waals surface area contributed by atoms with Crippen molar-refractivity contribution < 1.29 is 0 Å². The highest BCUT2D eigenvalue weighted by Gasteiger charge is 2.22. The largest absolute Gasteiger partial charge is 0.295 e. The van der Waals surface area contributed by atoms with Crippen molar-refractivity contribution in [2.24, 2.45) is 0 Å². The maximum atomic E-state index is 4.05. The summed E-state index contributed by atoms with van der Waals surface area (Å²) in [5.74, 6) is 0. The zero-order valence-corrected chi connectivity index (χ0v) is 9.80. The van der Waals surface area contributed by atoms with E-state index in [-0.39, 0.29) is 0 Å². The molecule has 0 aromatic heterocycles. The molecule has 1 rings (SSSR count). The van der Waals surface area contributed by atoms with Crippen molar-refractivity contribution in [2.45, 2.75) is 33.2 Å². The standard InChI is InChI=1S/C13H21N/c1-6-7-12-9-14(5)13(10(2)3)8-11(12)4/h6-7,13H,2,8-9H2,1,3-5H3/b7-6-. The Bertz CT molecular complexity index is 284. The molecule has 78 valence electrons. The van der Waals surface area contributed by atoms with E-state index < -0.39 is 0 Å². The van der Waals surface area contributed by atoms with Crippen LogP contribution in [0.5, 0.6) is 0 Å². The van der Waals surface area contributed by atoms with Gasteiger partial charge >= 0.3 is 0 Å². The molecule has 0 spiro atoms. The zero-order chi connectivity index (χ0) is 10.7. The van der Waals surface area contributed by atoms with Crippen LogP contribution in [0.1, 0.15) is 27.2 Å². The van der Waals surface area contributed by atoms with Gasteiger partial charge in [0.25, 0.3) is 0 Å². The van der Waals surface area contributed by atoms with Crippen molar-refractivity contribution in [1.29, 1.82) is 0 Å². The van der Waals surface area contributed by atoms with Gasteiger partial charge < -0.3 is 0 Å². The molecule has 0 amide bonds. The summed E-state index contributed by atoms with van der Waals surface area (Å²) in [4.78, 5) is 2.38. The zero-order valence-electron chi connectivity index (χ0n) is 9.80. The number of likely N-dealkylation sites (N-methyl/N-ethyl adjacent to an activating group) is 1. The van der Waals surface area contributed by atoms with Gasteiger partial charge in [0.15, 0.2) is 0 Å². The molecule has 1 atom stereocenters. The van der Waals surface area contributed by atoms with Gasteiger partial charge in [-0.05, 0) is 39.8 Å². The summed E-state index contributed by atoms with van der Waals surface area (Å²) in [6.07, 6.45) is 5.47. The van der Waals surface area contributed by atoms with Crippen molar-refractivity contribution in [3.63, 3.8) is 0 Å². The van der Waals surface area contributed by atoms with Gasteiger partial charge in [-0.2, -0.15) is 0 Å². The third-order valence-corrected chi connectivity index (χ3v) is 2.94. The van der Waals surface area contributed by atoms with Crippen molar-refractivity contribution in [3.8, 4) is 0 Å². The van der Waals surface area contributed by atoms with E-state index in [0.29, 0.717) is 6.04 Å². The second-order valence-electron chi connectivity index (χ2n) is 4.29.